The second kappa shape index (κ2) is 11.3. The number of hydrogen-bond acceptors (Lipinski definition) is 7. The van der Waals surface area contributed by atoms with Crippen molar-refractivity contribution in [2.45, 2.75) is 57.0 Å². The number of H-pyrrole nitrogens is 1. The molecule has 0 amide bonds. The molecule has 1 aromatic carbocycles. The maximum atomic E-state index is 15.0. The molecule has 0 aliphatic heterocycles. The topological polar surface area (TPSA) is 126 Å². The zero-order valence-corrected chi connectivity index (χ0v) is 22.2. The van der Waals surface area contributed by atoms with E-state index in [9.17, 15) is 49.8 Å². The van der Waals surface area contributed by atoms with Gasteiger partial charge in [0.15, 0.2) is 11.4 Å². The summed E-state index contributed by atoms with van der Waals surface area (Å²) in [4.78, 5) is 32.0. The number of nitrogens with one attached hydrogen (secondary N) is 2. The zero-order valence-electron chi connectivity index (χ0n) is 22.2. The molecule has 3 aromatic heterocycles. The summed E-state index contributed by atoms with van der Waals surface area (Å²) in [6.07, 6.45) is -8.79. The molecule has 3 heterocycles. The summed E-state index contributed by atoms with van der Waals surface area (Å²) in [7, 11) is 0. The van der Waals surface area contributed by atoms with Crippen LogP contribution >= 0.6 is 0 Å². The fourth-order valence-electron chi connectivity index (χ4n) is 4.29. The Morgan fingerprint density at radius 3 is 2.33 bits per heavy atom. The molecule has 1 unspecified atom stereocenters. The molecular formula is C26H22F8N6O3. The van der Waals surface area contributed by atoms with Gasteiger partial charge in [-0.15, -0.1) is 0 Å². The summed E-state index contributed by atoms with van der Waals surface area (Å²) in [5, 5.41) is 17.2. The van der Waals surface area contributed by atoms with Gasteiger partial charge in [0.05, 0.1) is 29.4 Å². The summed E-state index contributed by atoms with van der Waals surface area (Å²) < 4.78 is 110. The molecule has 9 nitrogen and oxygen atoms in total. The third-order valence-electron chi connectivity index (χ3n) is 6.62. The van der Waals surface area contributed by atoms with Gasteiger partial charge < -0.3 is 15.0 Å². The molecular weight excluding hydrogens is 596 g/mol. The van der Waals surface area contributed by atoms with Gasteiger partial charge in [0.2, 0.25) is 0 Å². The van der Waals surface area contributed by atoms with Gasteiger partial charge in [0, 0.05) is 36.6 Å². The van der Waals surface area contributed by atoms with Crippen molar-refractivity contribution in [3.63, 3.8) is 0 Å². The minimum absolute atomic E-state index is 0.164. The van der Waals surface area contributed by atoms with E-state index in [-0.39, 0.29) is 28.6 Å². The lowest BCUT2D eigenvalue weighted by molar-refractivity contribution is -0.259. The number of aromatic nitrogens is 5. The molecule has 4 rings (SSSR count). The summed E-state index contributed by atoms with van der Waals surface area (Å²) in [5.41, 5.74) is -8.60. The van der Waals surface area contributed by atoms with E-state index in [1.807, 2.05) is 0 Å². The van der Waals surface area contributed by atoms with E-state index in [0.717, 1.165) is 16.8 Å². The number of nitrogens with zero attached hydrogens (tertiary/aromatic N) is 4. The quantitative estimate of drug-likeness (QED) is 0.245. The number of pyridine rings is 1. The molecule has 43 heavy (non-hydrogen) atoms. The SMILES string of the molecule is C[C@@H](C[C@H](F)Cn1ccc2cc(-c3ncc(C(C)(O)C(F)(F)F)cn3)c(F)cc2c1=O)Nc1cn[nH]c(=O)c1C(F)(F)F. The van der Waals surface area contributed by atoms with Crippen LogP contribution < -0.4 is 16.4 Å². The van der Waals surface area contributed by atoms with E-state index in [1.54, 1.807) is 5.10 Å². The monoisotopic (exact) mass is 618 g/mol. The summed E-state index contributed by atoms with van der Waals surface area (Å²) in [5.74, 6) is -1.32. The highest BCUT2D eigenvalue weighted by Gasteiger charge is 2.51. The van der Waals surface area contributed by atoms with Crippen LogP contribution in [0.3, 0.4) is 0 Å². The van der Waals surface area contributed by atoms with Crippen LogP contribution in [0.1, 0.15) is 31.4 Å². The number of halogens is 8. The standard InChI is InChI=1S/C26H22F8N6O3/c1-12(38-19-10-37-39-22(41)20(19)25(29,30)31)5-15(27)11-40-4-3-13-6-17(18(28)7-16(13)23(40)42)21-35-8-14(9-36-21)24(2,43)26(32,33)34/h3-4,6-10,12,15,43H,5,11H2,1-2H3,(H2,38,39,41)/t12-,15-,24?/m0/s1. The average Bonchev–Trinajstić information content (AvgIpc) is 2.89. The Morgan fingerprint density at radius 2 is 1.72 bits per heavy atom. The Balaban J connectivity index is 1.52. The van der Waals surface area contributed by atoms with E-state index in [0.29, 0.717) is 19.3 Å². The molecule has 0 radical (unpaired) electrons. The molecule has 0 spiro atoms. The minimum atomic E-state index is -5.02. The first-order valence-corrected chi connectivity index (χ1v) is 12.4. The Labute approximate surface area is 236 Å². The molecule has 0 saturated carbocycles. The first-order valence-electron chi connectivity index (χ1n) is 12.4. The first-order chi connectivity index (χ1) is 19.9. The lowest BCUT2D eigenvalue weighted by Gasteiger charge is -2.25. The van der Waals surface area contributed by atoms with Crippen LogP contribution in [-0.2, 0) is 18.3 Å². The number of anilines is 1. The number of hydrogen-bond donors (Lipinski definition) is 3. The van der Waals surface area contributed by atoms with Crippen molar-refractivity contribution in [2.24, 2.45) is 0 Å². The third-order valence-corrected chi connectivity index (χ3v) is 6.62. The fourth-order valence-corrected chi connectivity index (χ4v) is 4.29. The maximum Gasteiger partial charge on any atom is 0.423 e. The van der Waals surface area contributed by atoms with Crippen LogP contribution in [-0.4, -0.2) is 48.2 Å². The number of benzene rings is 1. The number of aromatic amines is 1. The van der Waals surface area contributed by atoms with Gasteiger partial charge >= 0.3 is 12.4 Å². The predicted molar refractivity (Wildman–Crippen MR) is 137 cm³/mol. The highest BCUT2D eigenvalue weighted by atomic mass is 19.4. The highest BCUT2D eigenvalue weighted by molar-refractivity contribution is 5.86. The minimum Gasteiger partial charge on any atom is -0.381 e. The Morgan fingerprint density at radius 1 is 1.07 bits per heavy atom. The molecule has 3 N–H and O–H groups in total. The van der Waals surface area contributed by atoms with Crippen molar-refractivity contribution < 1.29 is 40.2 Å². The van der Waals surface area contributed by atoms with Gasteiger partial charge in [-0.1, -0.05) is 0 Å². The summed E-state index contributed by atoms with van der Waals surface area (Å²) >= 11 is 0. The van der Waals surface area contributed by atoms with Crippen molar-refractivity contribution in [3.05, 3.63) is 80.6 Å². The molecule has 230 valence electrons. The van der Waals surface area contributed by atoms with E-state index >= 15 is 0 Å². The van der Waals surface area contributed by atoms with Gasteiger partial charge in [0.25, 0.3) is 11.1 Å². The van der Waals surface area contributed by atoms with Gasteiger partial charge in [-0.3, -0.25) is 9.59 Å². The van der Waals surface area contributed by atoms with Gasteiger partial charge in [-0.2, -0.15) is 31.4 Å². The van der Waals surface area contributed by atoms with Crippen molar-refractivity contribution >= 4 is 16.5 Å². The average molecular weight is 618 g/mol. The lowest BCUT2D eigenvalue weighted by Crippen LogP contribution is -2.39. The van der Waals surface area contributed by atoms with Crippen LogP contribution in [0.2, 0.25) is 0 Å². The molecule has 0 fully saturated rings. The normalized spacial score (nSPS) is 15.2. The van der Waals surface area contributed by atoms with Crippen LogP contribution in [0.5, 0.6) is 0 Å². The smallest absolute Gasteiger partial charge is 0.381 e. The molecule has 0 aliphatic rings. The highest BCUT2D eigenvalue weighted by Crippen LogP contribution is 2.38. The summed E-state index contributed by atoms with van der Waals surface area (Å²) in [6, 6.07) is 2.44. The number of alkyl halides is 7. The van der Waals surface area contributed by atoms with E-state index in [4.69, 9.17) is 0 Å². The molecule has 0 bridgehead atoms. The van der Waals surface area contributed by atoms with Crippen LogP contribution in [0.15, 0.2) is 52.6 Å². The molecule has 4 aromatic rings. The van der Waals surface area contributed by atoms with Crippen molar-refractivity contribution in [3.8, 4) is 11.4 Å². The van der Waals surface area contributed by atoms with Gasteiger partial charge in [-0.25, -0.2) is 23.8 Å². The van der Waals surface area contributed by atoms with E-state index in [2.05, 4.69) is 20.4 Å². The Bertz CT molecular complexity index is 1750. The largest absolute Gasteiger partial charge is 0.423 e. The van der Waals surface area contributed by atoms with Crippen molar-refractivity contribution in [1.82, 2.24) is 24.7 Å². The maximum absolute atomic E-state index is 15.0. The molecule has 0 aliphatic carbocycles. The second-order valence-electron chi connectivity index (χ2n) is 9.92. The van der Waals surface area contributed by atoms with Gasteiger partial charge in [-0.05, 0) is 37.4 Å². The molecule has 17 heteroatoms. The van der Waals surface area contributed by atoms with Crippen LogP contribution in [0.4, 0.5) is 40.8 Å². The molecule has 0 saturated heterocycles. The van der Waals surface area contributed by atoms with Crippen molar-refractivity contribution in [1.29, 1.82) is 0 Å². The Kier molecular flexibility index (Phi) is 8.32. The second-order valence-corrected chi connectivity index (χ2v) is 9.92. The fraction of sp³-hybridized carbons (Fsp3) is 0.346. The van der Waals surface area contributed by atoms with Crippen LogP contribution in [0.25, 0.3) is 22.2 Å². The first kappa shape index (κ1) is 31.5. The Hall–Kier alpha value is -4.41. The lowest BCUT2D eigenvalue weighted by atomic mass is 9.98. The van der Waals surface area contributed by atoms with Gasteiger partial charge in [0.1, 0.15) is 17.6 Å². The number of fused-ring (bicyclic) bond motifs is 1. The third kappa shape index (κ3) is 6.50. The van der Waals surface area contributed by atoms with Crippen molar-refractivity contribution in [2.75, 3.05) is 5.32 Å². The predicted octanol–water partition coefficient (Wildman–Crippen LogP) is 4.70. The summed E-state index contributed by atoms with van der Waals surface area (Å²) in [6.45, 7) is 1.35. The van der Waals surface area contributed by atoms with Crippen LogP contribution in [0, 0.1) is 5.82 Å². The zero-order chi connectivity index (χ0) is 31.9. The van der Waals surface area contributed by atoms with E-state index in [1.165, 1.54) is 25.3 Å². The molecule has 3 atom stereocenters. The van der Waals surface area contributed by atoms with E-state index < -0.39 is 70.5 Å². The number of rotatable bonds is 8. The number of aliphatic hydroxyl groups is 1.